The van der Waals surface area contributed by atoms with Gasteiger partial charge in [-0.25, -0.2) is 0 Å². The van der Waals surface area contributed by atoms with Crippen molar-refractivity contribution in [3.8, 4) is 0 Å². The van der Waals surface area contributed by atoms with Gasteiger partial charge in [-0.3, -0.25) is 9.97 Å². The smallest absolute Gasteiger partial charge is 0.0717 e. The lowest BCUT2D eigenvalue weighted by Crippen LogP contribution is -2.23. The summed E-state index contributed by atoms with van der Waals surface area (Å²) in [5.74, 6) is 0. The molecule has 0 saturated heterocycles. The number of aliphatic hydroxyl groups is 1. The molecule has 0 aromatic carbocycles. The van der Waals surface area contributed by atoms with Crippen molar-refractivity contribution in [2.24, 2.45) is 0 Å². The first kappa shape index (κ1) is 12.5. The highest BCUT2D eigenvalue weighted by Gasteiger charge is 2.10. The van der Waals surface area contributed by atoms with Crippen LogP contribution >= 0.6 is 0 Å². The molecular weight excluding hydrogens is 226 g/mol. The maximum absolute atomic E-state index is 9.35. The van der Waals surface area contributed by atoms with E-state index in [4.69, 9.17) is 0 Å². The van der Waals surface area contributed by atoms with Crippen molar-refractivity contribution < 1.29 is 5.11 Å². The quantitative estimate of drug-likeness (QED) is 0.872. The molecule has 0 aliphatic rings. The van der Waals surface area contributed by atoms with Gasteiger partial charge < -0.3 is 10.0 Å². The van der Waals surface area contributed by atoms with Gasteiger partial charge in [0, 0.05) is 36.4 Å². The van der Waals surface area contributed by atoms with Crippen LogP contribution in [0.3, 0.4) is 0 Å². The summed E-state index contributed by atoms with van der Waals surface area (Å²) < 4.78 is 0. The average molecular weight is 243 g/mol. The normalized spacial score (nSPS) is 10.3. The van der Waals surface area contributed by atoms with Crippen LogP contribution in [0.4, 0.5) is 5.69 Å². The maximum Gasteiger partial charge on any atom is 0.0717 e. The molecular formula is C14H17N3O. The minimum Gasteiger partial charge on any atom is -0.392 e. The highest BCUT2D eigenvalue weighted by atomic mass is 16.3. The lowest BCUT2D eigenvalue weighted by molar-refractivity contribution is 0.281. The van der Waals surface area contributed by atoms with E-state index in [9.17, 15) is 5.11 Å². The SMILES string of the molecule is CCN(Cc1ccccn1)c1ccncc1CO. The Balaban J connectivity index is 2.23. The van der Waals surface area contributed by atoms with Gasteiger partial charge >= 0.3 is 0 Å². The Morgan fingerprint density at radius 1 is 1.22 bits per heavy atom. The van der Waals surface area contributed by atoms with Crippen LogP contribution in [0.15, 0.2) is 42.9 Å². The summed E-state index contributed by atoms with van der Waals surface area (Å²) in [5, 5.41) is 9.35. The van der Waals surface area contributed by atoms with Crippen LogP contribution < -0.4 is 4.90 Å². The zero-order valence-electron chi connectivity index (χ0n) is 10.5. The zero-order chi connectivity index (χ0) is 12.8. The number of aromatic nitrogens is 2. The topological polar surface area (TPSA) is 49.2 Å². The molecule has 0 unspecified atom stereocenters. The van der Waals surface area contributed by atoms with Crippen molar-refractivity contribution >= 4 is 5.69 Å². The molecule has 2 heterocycles. The molecule has 94 valence electrons. The Hall–Kier alpha value is -1.94. The fraction of sp³-hybridized carbons (Fsp3) is 0.286. The third-order valence-electron chi connectivity index (χ3n) is 2.85. The van der Waals surface area contributed by atoms with E-state index < -0.39 is 0 Å². The number of nitrogens with zero attached hydrogens (tertiary/aromatic N) is 3. The lowest BCUT2D eigenvalue weighted by atomic mass is 10.2. The molecule has 1 N–H and O–H groups in total. The minimum atomic E-state index is 0.00188. The van der Waals surface area contributed by atoms with Crippen molar-refractivity contribution in [3.63, 3.8) is 0 Å². The molecule has 0 atom stereocenters. The van der Waals surface area contributed by atoms with Gasteiger partial charge in [0.15, 0.2) is 0 Å². The van der Waals surface area contributed by atoms with E-state index in [1.54, 1.807) is 18.6 Å². The van der Waals surface area contributed by atoms with Gasteiger partial charge in [-0.1, -0.05) is 6.07 Å². The van der Waals surface area contributed by atoms with Crippen molar-refractivity contribution in [2.45, 2.75) is 20.1 Å². The molecule has 4 heteroatoms. The molecule has 0 radical (unpaired) electrons. The van der Waals surface area contributed by atoms with Crippen LogP contribution in [-0.2, 0) is 13.2 Å². The molecule has 18 heavy (non-hydrogen) atoms. The zero-order valence-corrected chi connectivity index (χ0v) is 10.5. The largest absolute Gasteiger partial charge is 0.392 e. The van der Waals surface area contributed by atoms with E-state index in [2.05, 4.69) is 21.8 Å². The van der Waals surface area contributed by atoms with E-state index >= 15 is 0 Å². The van der Waals surface area contributed by atoms with Crippen molar-refractivity contribution in [1.82, 2.24) is 9.97 Å². The second-order valence-electron chi connectivity index (χ2n) is 4.00. The molecule has 0 aliphatic carbocycles. The van der Waals surface area contributed by atoms with Crippen LogP contribution in [0.25, 0.3) is 0 Å². The van der Waals surface area contributed by atoms with Crippen LogP contribution in [0, 0.1) is 0 Å². The molecule has 0 saturated carbocycles. The summed E-state index contributed by atoms with van der Waals surface area (Å²) in [6.45, 7) is 3.67. The van der Waals surface area contributed by atoms with Crippen LogP contribution in [0.1, 0.15) is 18.2 Å². The third kappa shape index (κ3) is 2.84. The van der Waals surface area contributed by atoms with Crippen molar-refractivity contribution in [1.29, 1.82) is 0 Å². The Bertz CT molecular complexity index is 487. The molecule has 0 fully saturated rings. The maximum atomic E-state index is 9.35. The first-order valence-corrected chi connectivity index (χ1v) is 6.03. The van der Waals surface area contributed by atoms with Crippen LogP contribution in [-0.4, -0.2) is 21.6 Å². The Kier molecular flexibility index (Phi) is 4.25. The summed E-state index contributed by atoms with van der Waals surface area (Å²) >= 11 is 0. The van der Waals surface area contributed by atoms with Gasteiger partial charge in [0.25, 0.3) is 0 Å². The van der Waals surface area contributed by atoms with E-state index in [1.165, 1.54) is 0 Å². The summed E-state index contributed by atoms with van der Waals surface area (Å²) in [4.78, 5) is 10.5. The number of rotatable bonds is 5. The second-order valence-corrected chi connectivity index (χ2v) is 4.00. The number of pyridine rings is 2. The number of anilines is 1. The second kappa shape index (κ2) is 6.12. The third-order valence-corrected chi connectivity index (χ3v) is 2.85. The number of hydrogen-bond acceptors (Lipinski definition) is 4. The predicted octanol–water partition coefficient (Wildman–Crippen LogP) is 2.00. The molecule has 4 nitrogen and oxygen atoms in total. The first-order valence-electron chi connectivity index (χ1n) is 6.03. The highest BCUT2D eigenvalue weighted by Crippen LogP contribution is 2.20. The van der Waals surface area contributed by atoms with E-state index in [0.29, 0.717) is 0 Å². The Morgan fingerprint density at radius 2 is 2.11 bits per heavy atom. The standard InChI is InChI=1S/C14H17N3O/c1-2-17(10-13-5-3-4-7-16-13)14-6-8-15-9-12(14)11-18/h3-9,18H,2,10-11H2,1H3. The van der Waals surface area contributed by atoms with Gasteiger partial charge in [-0.15, -0.1) is 0 Å². The van der Waals surface area contributed by atoms with Gasteiger partial charge in [-0.05, 0) is 25.1 Å². The average Bonchev–Trinajstić information content (AvgIpc) is 2.46. The van der Waals surface area contributed by atoms with Gasteiger partial charge in [0.05, 0.1) is 18.8 Å². The molecule has 2 aromatic rings. The van der Waals surface area contributed by atoms with E-state index in [-0.39, 0.29) is 6.61 Å². The van der Waals surface area contributed by atoms with E-state index in [1.807, 2.05) is 24.3 Å². The van der Waals surface area contributed by atoms with E-state index in [0.717, 1.165) is 30.0 Å². The summed E-state index contributed by atoms with van der Waals surface area (Å²) in [7, 11) is 0. The van der Waals surface area contributed by atoms with Crippen molar-refractivity contribution in [3.05, 3.63) is 54.1 Å². The minimum absolute atomic E-state index is 0.00188. The van der Waals surface area contributed by atoms with Gasteiger partial charge in [-0.2, -0.15) is 0 Å². The number of aliphatic hydroxyl groups excluding tert-OH is 1. The summed E-state index contributed by atoms with van der Waals surface area (Å²) in [6.07, 6.45) is 5.24. The molecule has 2 rings (SSSR count). The fourth-order valence-electron chi connectivity index (χ4n) is 1.90. The molecule has 2 aromatic heterocycles. The van der Waals surface area contributed by atoms with Gasteiger partial charge in [0.2, 0.25) is 0 Å². The highest BCUT2D eigenvalue weighted by molar-refractivity contribution is 5.52. The predicted molar refractivity (Wildman–Crippen MR) is 71.1 cm³/mol. The summed E-state index contributed by atoms with van der Waals surface area (Å²) in [6, 6.07) is 7.82. The Labute approximate surface area is 107 Å². The fourth-order valence-corrected chi connectivity index (χ4v) is 1.90. The van der Waals surface area contributed by atoms with Gasteiger partial charge in [0.1, 0.15) is 0 Å². The van der Waals surface area contributed by atoms with Crippen LogP contribution in [0.2, 0.25) is 0 Å². The molecule has 0 amide bonds. The van der Waals surface area contributed by atoms with Crippen molar-refractivity contribution in [2.75, 3.05) is 11.4 Å². The Morgan fingerprint density at radius 3 is 2.78 bits per heavy atom. The number of hydrogen-bond donors (Lipinski definition) is 1. The first-order chi connectivity index (χ1) is 8.85. The monoisotopic (exact) mass is 243 g/mol. The van der Waals surface area contributed by atoms with Crippen LogP contribution in [0.5, 0.6) is 0 Å². The molecule has 0 aliphatic heterocycles. The molecule has 0 bridgehead atoms. The lowest BCUT2D eigenvalue weighted by Gasteiger charge is -2.24. The summed E-state index contributed by atoms with van der Waals surface area (Å²) in [5.41, 5.74) is 2.87. The molecule has 0 spiro atoms.